The molecule has 1 rings (SSSR count). The maximum atomic E-state index is 10.7. The standard InChI is InChI=1S/C5H7N2O4/c1-10-4-3-5(11-2)7(9)6(4)8/h3H,1-2H3/q-1. The van der Waals surface area contributed by atoms with E-state index in [0.29, 0.717) is 0 Å². The fraction of sp³-hybridized carbons (Fsp3) is 0.400. The lowest BCUT2D eigenvalue weighted by atomic mass is 10.6. The molecule has 1 heterocycles. The van der Waals surface area contributed by atoms with Crippen LogP contribution in [0.5, 0.6) is 11.8 Å². The predicted octanol–water partition coefficient (Wildman–Crippen LogP) is -0.515. The number of ether oxygens (including phenoxy) is 2. The molecule has 0 aliphatic carbocycles. The fourth-order valence-corrected chi connectivity index (χ4v) is 0.669. The Bertz CT molecular complexity index is 233. The molecule has 0 radical (unpaired) electrons. The Balaban J connectivity index is 3.12. The van der Waals surface area contributed by atoms with Gasteiger partial charge in [-0.3, -0.25) is 0 Å². The fourth-order valence-electron chi connectivity index (χ4n) is 0.669. The van der Waals surface area contributed by atoms with E-state index in [4.69, 9.17) is 0 Å². The van der Waals surface area contributed by atoms with Gasteiger partial charge in [-0.25, -0.2) is 0 Å². The first-order valence-electron chi connectivity index (χ1n) is 2.81. The van der Waals surface area contributed by atoms with Crippen molar-refractivity contribution in [2.75, 3.05) is 14.2 Å². The van der Waals surface area contributed by atoms with E-state index in [2.05, 4.69) is 9.47 Å². The van der Waals surface area contributed by atoms with Crippen molar-refractivity contribution < 1.29 is 14.3 Å². The van der Waals surface area contributed by atoms with Crippen LogP contribution in [0.3, 0.4) is 0 Å². The quantitative estimate of drug-likeness (QED) is 0.430. The number of nitrogens with zero attached hydrogens (tertiary/aromatic N) is 2. The van der Waals surface area contributed by atoms with Gasteiger partial charge in [0.2, 0.25) is 0 Å². The molecule has 0 aliphatic heterocycles. The van der Waals surface area contributed by atoms with Crippen molar-refractivity contribution in [1.82, 2.24) is 4.85 Å². The lowest BCUT2D eigenvalue weighted by Crippen LogP contribution is -2.35. The number of aromatic nitrogens is 2. The molecule has 0 aliphatic rings. The van der Waals surface area contributed by atoms with Gasteiger partial charge in [0.1, 0.15) is 6.07 Å². The van der Waals surface area contributed by atoms with Gasteiger partial charge < -0.3 is 19.9 Å². The van der Waals surface area contributed by atoms with Gasteiger partial charge >= 0.3 is 5.88 Å². The second-order valence-corrected chi connectivity index (χ2v) is 1.77. The van der Waals surface area contributed by atoms with Crippen LogP contribution in [0.2, 0.25) is 0 Å². The SMILES string of the molecule is COc1cc(OC)[n+]([O-])n1[O-]. The molecular formula is C5H7N2O4-. The Hall–Kier alpha value is -1.59. The molecule has 0 amide bonds. The predicted molar refractivity (Wildman–Crippen MR) is 35.3 cm³/mol. The zero-order chi connectivity index (χ0) is 8.43. The van der Waals surface area contributed by atoms with Crippen molar-refractivity contribution in [2.24, 2.45) is 0 Å². The zero-order valence-corrected chi connectivity index (χ0v) is 6.10. The smallest absolute Gasteiger partial charge is 0.409 e. The lowest BCUT2D eigenvalue weighted by molar-refractivity contribution is -0.689. The van der Waals surface area contributed by atoms with E-state index >= 15 is 0 Å². The third-order valence-electron chi connectivity index (χ3n) is 1.21. The minimum atomic E-state index is -0.0862. The van der Waals surface area contributed by atoms with Crippen molar-refractivity contribution in [1.29, 1.82) is 0 Å². The number of methoxy groups -OCH3 is 2. The Morgan fingerprint density at radius 2 is 2.09 bits per heavy atom. The molecule has 0 fully saturated rings. The first-order chi connectivity index (χ1) is 5.20. The molecule has 0 saturated heterocycles. The van der Waals surface area contributed by atoms with E-state index in [-0.39, 0.29) is 21.5 Å². The molecule has 1 aromatic rings. The summed E-state index contributed by atoms with van der Waals surface area (Å²) in [6.45, 7) is 0. The van der Waals surface area contributed by atoms with Gasteiger partial charge in [0.25, 0.3) is 5.88 Å². The van der Waals surface area contributed by atoms with E-state index in [1.165, 1.54) is 20.3 Å². The van der Waals surface area contributed by atoms with Crippen LogP contribution in [0, 0.1) is 10.4 Å². The summed E-state index contributed by atoms with van der Waals surface area (Å²) in [5, 5.41) is 21.5. The summed E-state index contributed by atoms with van der Waals surface area (Å²) in [6, 6.07) is 1.21. The molecule has 0 unspecified atom stereocenters. The molecular weight excluding hydrogens is 152 g/mol. The summed E-state index contributed by atoms with van der Waals surface area (Å²) in [5.41, 5.74) is 0. The minimum Gasteiger partial charge on any atom is -0.755 e. The Kier molecular flexibility index (Phi) is 1.75. The summed E-state index contributed by atoms with van der Waals surface area (Å²) in [6.07, 6.45) is 0. The molecule has 11 heavy (non-hydrogen) atoms. The monoisotopic (exact) mass is 159 g/mol. The first kappa shape index (κ1) is 7.52. The second kappa shape index (κ2) is 2.57. The Labute approximate surface area is 62.7 Å². The van der Waals surface area contributed by atoms with Crippen LogP contribution < -0.4 is 14.3 Å². The highest BCUT2D eigenvalue weighted by molar-refractivity contribution is 5.16. The molecule has 0 N–H and O–H groups in total. The van der Waals surface area contributed by atoms with Gasteiger partial charge in [-0.1, -0.05) is 0 Å². The summed E-state index contributed by atoms with van der Waals surface area (Å²) in [4.78, 5) is 0.109. The van der Waals surface area contributed by atoms with E-state index in [0.717, 1.165) is 0 Å². The van der Waals surface area contributed by atoms with Crippen molar-refractivity contribution in [3.8, 4) is 11.8 Å². The molecule has 0 aromatic carbocycles. The molecule has 1 aromatic heterocycles. The van der Waals surface area contributed by atoms with Gasteiger partial charge in [0, 0.05) is 0 Å². The van der Waals surface area contributed by atoms with Crippen molar-refractivity contribution >= 4 is 0 Å². The average molecular weight is 159 g/mol. The highest BCUT2D eigenvalue weighted by atomic mass is 16.7. The molecule has 0 bridgehead atoms. The number of rotatable bonds is 2. The molecule has 62 valence electrons. The van der Waals surface area contributed by atoms with Gasteiger partial charge in [0.05, 0.1) is 14.2 Å². The van der Waals surface area contributed by atoms with E-state index < -0.39 is 0 Å². The number of hydrogen-bond acceptors (Lipinski definition) is 4. The van der Waals surface area contributed by atoms with Crippen molar-refractivity contribution in [3.63, 3.8) is 0 Å². The van der Waals surface area contributed by atoms with Gasteiger partial charge in [-0.05, 0) is 4.85 Å². The topological polar surface area (TPSA) is 73.4 Å². The normalized spacial score (nSPS) is 9.64. The van der Waals surface area contributed by atoms with E-state index in [9.17, 15) is 10.4 Å². The van der Waals surface area contributed by atoms with Crippen LogP contribution in [-0.2, 0) is 0 Å². The van der Waals surface area contributed by atoms with Gasteiger partial charge in [-0.15, -0.1) is 4.85 Å². The van der Waals surface area contributed by atoms with Crippen LogP contribution in [-0.4, -0.2) is 19.1 Å². The van der Waals surface area contributed by atoms with Crippen LogP contribution >= 0.6 is 0 Å². The third-order valence-corrected chi connectivity index (χ3v) is 1.21. The largest absolute Gasteiger partial charge is 0.755 e. The Morgan fingerprint density at radius 3 is 2.36 bits per heavy atom. The van der Waals surface area contributed by atoms with Gasteiger partial charge in [0.15, 0.2) is 0 Å². The number of hydrogen-bond donors (Lipinski definition) is 0. The molecule has 0 atom stereocenters. The minimum absolute atomic E-state index is 0.0544. The molecule has 6 heteroatoms. The summed E-state index contributed by atoms with van der Waals surface area (Å²) < 4.78 is 9.12. The molecule has 0 saturated carbocycles. The highest BCUT2D eigenvalue weighted by Gasteiger charge is 2.13. The van der Waals surface area contributed by atoms with Crippen LogP contribution in [0.25, 0.3) is 0 Å². The van der Waals surface area contributed by atoms with Crippen molar-refractivity contribution in [3.05, 3.63) is 16.5 Å². The van der Waals surface area contributed by atoms with Crippen LogP contribution in [0.15, 0.2) is 6.07 Å². The average Bonchev–Trinajstić information content (AvgIpc) is 2.30. The maximum Gasteiger partial charge on any atom is 0.409 e. The van der Waals surface area contributed by atoms with E-state index in [1.807, 2.05) is 0 Å². The molecule has 0 spiro atoms. The van der Waals surface area contributed by atoms with Crippen LogP contribution in [0.4, 0.5) is 0 Å². The van der Waals surface area contributed by atoms with Gasteiger partial charge in [-0.2, -0.15) is 0 Å². The second-order valence-electron chi connectivity index (χ2n) is 1.77. The highest BCUT2D eigenvalue weighted by Crippen LogP contribution is 2.14. The van der Waals surface area contributed by atoms with Crippen LogP contribution in [0.1, 0.15) is 0 Å². The maximum absolute atomic E-state index is 10.7. The summed E-state index contributed by atoms with van der Waals surface area (Å²) >= 11 is 0. The summed E-state index contributed by atoms with van der Waals surface area (Å²) in [7, 11) is 2.59. The van der Waals surface area contributed by atoms with Crippen molar-refractivity contribution in [2.45, 2.75) is 0 Å². The molecule has 6 nitrogen and oxygen atoms in total. The van der Waals surface area contributed by atoms with E-state index in [1.54, 1.807) is 0 Å². The lowest BCUT2D eigenvalue weighted by Gasteiger charge is -2.07. The summed E-state index contributed by atoms with van der Waals surface area (Å²) in [5.74, 6) is -0.172. The third kappa shape index (κ3) is 1.02. The first-order valence-corrected chi connectivity index (χ1v) is 2.81. The Morgan fingerprint density at radius 1 is 1.45 bits per heavy atom. The zero-order valence-electron chi connectivity index (χ0n) is 6.10.